The van der Waals surface area contributed by atoms with Gasteiger partial charge in [-0.2, -0.15) is 5.26 Å². The van der Waals surface area contributed by atoms with Gasteiger partial charge in [0.1, 0.15) is 6.61 Å². The molecule has 0 spiro atoms. The Morgan fingerprint density at radius 1 is 1.62 bits per heavy atom. The minimum Gasteiger partial charge on any atom is -0.448 e. The molecule has 0 saturated heterocycles. The molecule has 0 aromatic heterocycles. The number of anilines is 1. The molecule has 0 heterocycles. The minimum absolute atomic E-state index is 0.158. The summed E-state index contributed by atoms with van der Waals surface area (Å²) in [4.78, 5) is 10.3. The van der Waals surface area contributed by atoms with Crippen molar-refractivity contribution in [2.45, 2.75) is 0 Å². The van der Waals surface area contributed by atoms with E-state index in [0.717, 1.165) is 0 Å². The zero-order valence-electron chi connectivity index (χ0n) is 8.37. The van der Waals surface area contributed by atoms with E-state index in [-0.39, 0.29) is 6.61 Å². The zero-order valence-corrected chi connectivity index (χ0v) is 9.12. The van der Waals surface area contributed by atoms with Crippen LogP contribution in [0.2, 0.25) is 5.02 Å². The first kappa shape index (κ1) is 12.1. The van der Waals surface area contributed by atoms with E-state index in [1.54, 1.807) is 18.2 Å². The van der Waals surface area contributed by atoms with Crippen LogP contribution in [0.25, 0.3) is 0 Å². The Morgan fingerprint density at radius 3 is 2.94 bits per heavy atom. The van der Waals surface area contributed by atoms with E-state index in [0.29, 0.717) is 22.8 Å². The first-order valence-electron chi connectivity index (χ1n) is 4.49. The summed E-state index contributed by atoms with van der Waals surface area (Å²) in [5.41, 5.74) is 5.95. The predicted octanol–water partition coefficient (Wildman–Crippen LogP) is 1.72. The summed E-state index contributed by atoms with van der Waals surface area (Å²) in [5, 5.41) is 12.0. The number of nitrogens with one attached hydrogen (secondary N) is 1. The molecular formula is C10H10ClN3O2. The number of carbonyl (C=O) groups is 1. The number of hydrogen-bond acceptors (Lipinski definition) is 4. The number of halogens is 1. The Morgan fingerprint density at radius 2 is 2.38 bits per heavy atom. The van der Waals surface area contributed by atoms with Crippen LogP contribution in [0.15, 0.2) is 18.2 Å². The molecule has 0 aliphatic rings. The van der Waals surface area contributed by atoms with Crippen LogP contribution in [0.5, 0.6) is 0 Å². The standard InChI is InChI=1S/C10H10ClN3O2/c11-8-5-7(6-12)1-2-9(8)14-3-4-16-10(13)15/h1-2,5,14H,3-4H2,(H2,13,15). The number of benzene rings is 1. The Kier molecular flexibility index (Phi) is 4.42. The van der Waals surface area contributed by atoms with Crippen molar-refractivity contribution < 1.29 is 9.53 Å². The van der Waals surface area contributed by atoms with E-state index in [2.05, 4.69) is 10.1 Å². The highest BCUT2D eigenvalue weighted by Gasteiger charge is 2.01. The molecule has 3 N–H and O–H groups in total. The van der Waals surface area contributed by atoms with Crippen molar-refractivity contribution in [2.75, 3.05) is 18.5 Å². The smallest absolute Gasteiger partial charge is 0.404 e. The fourth-order valence-electron chi connectivity index (χ4n) is 1.07. The number of rotatable bonds is 4. The van der Waals surface area contributed by atoms with Crippen molar-refractivity contribution >= 4 is 23.4 Å². The Labute approximate surface area is 97.8 Å². The molecular weight excluding hydrogens is 230 g/mol. The average molecular weight is 240 g/mol. The molecule has 16 heavy (non-hydrogen) atoms. The minimum atomic E-state index is -0.812. The lowest BCUT2D eigenvalue weighted by atomic mass is 10.2. The number of nitrogens with zero attached hydrogens (tertiary/aromatic N) is 1. The number of nitriles is 1. The van der Waals surface area contributed by atoms with Crippen LogP contribution in [0.4, 0.5) is 10.5 Å². The van der Waals surface area contributed by atoms with Gasteiger partial charge in [-0.15, -0.1) is 0 Å². The Balaban J connectivity index is 2.49. The molecule has 0 radical (unpaired) electrons. The van der Waals surface area contributed by atoms with Gasteiger partial charge in [0.2, 0.25) is 0 Å². The van der Waals surface area contributed by atoms with Crippen molar-refractivity contribution in [2.24, 2.45) is 5.73 Å². The predicted molar refractivity (Wildman–Crippen MR) is 60.2 cm³/mol. The summed E-state index contributed by atoms with van der Waals surface area (Å²) < 4.78 is 4.53. The first-order valence-corrected chi connectivity index (χ1v) is 4.87. The maximum Gasteiger partial charge on any atom is 0.404 e. The fraction of sp³-hybridized carbons (Fsp3) is 0.200. The summed E-state index contributed by atoms with van der Waals surface area (Å²) >= 11 is 5.90. The van der Waals surface area contributed by atoms with E-state index in [1.807, 2.05) is 6.07 Å². The maximum atomic E-state index is 10.3. The molecule has 1 amide bonds. The molecule has 0 aliphatic carbocycles. The molecule has 1 aromatic carbocycles. The zero-order chi connectivity index (χ0) is 12.0. The van der Waals surface area contributed by atoms with Gasteiger partial charge in [-0.1, -0.05) is 11.6 Å². The normalized spacial score (nSPS) is 9.25. The molecule has 6 heteroatoms. The Bertz CT molecular complexity index is 429. The van der Waals surface area contributed by atoms with Gasteiger partial charge in [-0.05, 0) is 18.2 Å². The van der Waals surface area contributed by atoms with E-state index >= 15 is 0 Å². The third-order valence-corrected chi connectivity index (χ3v) is 2.07. The van der Waals surface area contributed by atoms with Crippen molar-refractivity contribution in [1.82, 2.24) is 0 Å². The van der Waals surface area contributed by atoms with Gasteiger partial charge >= 0.3 is 6.09 Å². The number of amides is 1. The monoisotopic (exact) mass is 239 g/mol. The topological polar surface area (TPSA) is 88.1 Å². The Hall–Kier alpha value is -1.93. The van der Waals surface area contributed by atoms with E-state index in [1.165, 1.54) is 0 Å². The molecule has 0 aliphatic heterocycles. The van der Waals surface area contributed by atoms with Crippen molar-refractivity contribution in [3.63, 3.8) is 0 Å². The van der Waals surface area contributed by atoms with Gasteiger partial charge in [0, 0.05) is 6.54 Å². The average Bonchev–Trinajstić information content (AvgIpc) is 2.25. The van der Waals surface area contributed by atoms with Crippen LogP contribution in [0, 0.1) is 11.3 Å². The number of nitrogens with two attached hydrogens (primary N) is 1. The van der Waals surface area contributed by atoms with Crippen LogP contribution < -0.4 is 11.1 Å². The number of carbonyl (C=O) groups excluding carboxylic acids is 1. The van der Waals surface area contributed by atoms with Gasteiger partial charge in [-0.3, -0.25) is 0 Å². The van der Waals surface area contributed by atoms with Crippen LogP contribution in [0.3, 0.4) is 0 Å². The second-order valence-corrected chi connectivity index (χ2v) is 3.31. The van der Waals surface area contributed by atoms with Crippen LogP contribution >= 0.6 is 11.6 Å². The second kappa shape index (κ2) is 5.83. The van der Waals surface area contributed by atoms with Gasteiger partial charge in [0.25, 0.3) is 0 Å². The third kappa shape index (κ3) is 3.67. The number of hydrogen-bond donors (Lipinski definition) is 2. The fourth-order valence-corrected chi connectivity index (χ4v) is 1.31. The molecule has 0 atom stereocenters. The highest BCUT2D eigenvalue weighted by molar-refractivity contribution is 6.33. The van der Waals surface area contributed by atoms with Crippen molar-refractivity contribution in [3.8, 4) is 6.07 Å². The largest absolute Gasteiger partial charge is 0.448 e. The van der Waals surface area contributed by atoms with E-state index in [9.17, 15) is 4.79 Å². The summed E-state index contributed by atoms with van der Waals surface area (Å²) in [7, 11) is 0. The summed E-state index contributed by atoms with van der Waals surface area (Å²) in [6.45, 7) is 0.556. The van der Waals surface area contributed by atoms with Gasteiger partial charge in [-0.25, -0.2) is 4.79 Å². The summed E-state index contributed by atoms with van der Waals surface area (Å²) in [6.07, 6.45) is -0.812. The van der Waals surface area contributed by atoms with E-state index < -0.39 is 6.09 Å². The molecule has 1 aromatic rings. The van der Waals surface area contributed by atoms with Gasteiger partial charge < -0.3 is 15.8 Å². The lowest BCUT2D eigenvalue weighted by Crippen LogP contribution is -2.18. The lowest BCUT2D eigenvalue weighted by Gasteiger charge is -2.08. The number of primary amides is 1. The third-order valence-electron chi connectivity index (χ3n) is 1.76. The number of ether oxygens (including phenoxy) is 1. The second-order valence-electron chi connectivity index (χ2n) is 2.90. The molecule has 0 unspecified atom stereocenters. The maximum absolute atomic E-state index is 10.3. The van der Waals surface area contributed by atoms with E-state index in [4.69, 9.17) is 22.6 Å². The highest BCUT2D eigenvalue weighted by Crippen LogP contribution is 2.22. The highest BCUT2D eigenvalue weighted by atomic mass is 35.5. The lowest BCUT2D eigenvalue weighted by molar-refractivity contribution is 0.161. The van der Waals surface area contributed by atoms with Crippen LogP contribution in [0.1, 0.15) is 5.56 Å². The van der Waals surface area contributed by atoms with Gasteiger partial charge in [0.05, 0.1) is 22.3 Å². The van der Waals surface area contributed by atoms with Gasteiger partial charge in [0.15, 0.2) is 0 Å². The van der Waals surface area contributed by atoms with Crippen molar-refractivity contribution in [3.05, 3.63) is 28.8 Å². The quantitative estimate of drug-likeness (QED) is 0.783. The first-order chi connectivity index (χ1) is 7.63. The summed E-state index contributed by atoms with van der Waals surface area (Å²) in [5.74, 6) is 0. The van der Waals surface area contributed by atoms with Crippen LogP contribution in [-0.2, 0) is 4.74 Å². The van der Waals surface area contributed by atoms with Crippen molar-refractivity contribution in [1.29, 1.82) is 5.26 Å². The molecule has 0 saturated carbocycles. The molecule has 5 nitrogen and oxygen atoms in total. The SMILES string of the molecule is N#Cc1ccc(NCCOC(N)=O)c(Cl)c1. The van der Waals surface area contributed by atoms with Crippen LogP contribution in [-0.4, -0.2) is 19.2 Å². The summed E-state index contributed by atoms with van der Waals surface area (Å²) in [6, 6.07) is 6.86. The molecule has 84 valence electrons. The molecule has 0 fully saturated rings. The molecule has 0 bridgehead atoms. The molecule has 1 rings (SSSR count).